The Morgan fingerprint density at radius 3 is 2.53 bits per heavy atom. The first-order valence-electron chi connectivity index (χ1n) is 7.22. The van der Waals surface area contributed by atoms with Gasteiger partial charge in [0.2, 0.25) is 0 Å². The summed E-state index contributed by atoms with van der Waals surface area (Å²) >= 11 is 0. The lowest BCUT2D eigenvalue weighted by atomic mass is 9.92. The highest BCUT2D eigenvalue weighted by atomic mass is 16.5. The molecule has 2 rings (SSSR count). The normalized spacial score (nSPS) is 23.3. The summed E-state index contributed by atoms with van der Waals surface area (Å²) in [7, 11) is 3.53. The molecule has 19 heavy (non-hydrogen) atoms. The van der Waals surface area contributed by atoms with Gasteiger partial charge in [-0.2, -0.15) is 0 Å². The van der Waals surface area contributed by atoms with Gasteiger partial charge in [0.1, 0.15) is 5.75 Å². The molecule has 0 heterocycles. The van der Waals surface area contributed by atoms with E-state index in [9.17, 15) is 0 Å². The van der Waals surface area contributed by atoms with Gasteiger partial charge >= 0.3 is 0 Å². The van der Waals surface area contributed by atoms with Crippen molar-refractivity contribution in [3.8, 4) is 5.75 Å². The van der Waals surface area contributed by atoms with Crippen molar-refractivity contribution in [2.24, 2.45) is 0 Å². The largest absolute Gasteiger partial charge is 0.497 e. The maximum atomic E-state index is 5.56. The summed E-state index contributed by atoms with van der Waals surface area (Å²) in [6.45, 7) is 1.01. The Kier molecular flexibility index (Phi) is 5.67. The molecule has 1 aliphatic carbocycles. The minimum atomic E-state index is 0.393. The second kappa shape index (κ2) is 7.51. The Hall–Kier alpha value is -1.06. The maximum absolute atomic E-state index is 5.56. The van der Waals surface area contributed by atoms with Crippen molar-refractivity contribution in [2.75, 3.05) is 20.8 Å². The minimum absolute atomic E-state index is 0.393. The quantitative estimate of drug-likeness (QED) is 0.856. The monoisotopic (exact) mass is 263 g/mol. The second-order valence-electron chi connectivity index (χ2n) is 5.22. The van der Waals surface area contributed by atoms with Crippen molar-refractivity contribution in [1.82, 2.24) is 5.32 Å². The van der Waals surface area contributed by atoms with Gasteiger partial charge in [-0.1, -0.05) is 25.0 Å². The molecule has 1 N–H and O–H groups in total. The Bertz CT molecular complexity index is 364. The number of hydrogen-bond donors (Lipinski definition) is 1. The van der Waals surface area contributed by atoms with Crippen LogP contribution in [0.2, 0.25) is 0 Å². The van der Waals surface area contributed by atoms with Gasteiger partial charge in [0.05, 0.1) is 13.2 Å². The summed E-state index contributed by atoms with van der Waals surface area (Å²) in [5, 5.41) is 3.64. The van der Waals surface area contributed by atoms with Gasteiger partial charge in [-0.25, -0.2) is 0 Å². The summed E-state index contributed by atoms with van der Waals surface area (Å²) in [6.07, 6.45) is 6.49. The molecule has 3 heteroatoms. The number of hydrogen-bond acceptors (Lipinski definition) is 3. The van der Waals surface area contributed by atoms with Crippen LogP contribution in [0, 0.1) is 0 Å². The molecule has 3 nitrogen and oxygen atoms in total. The van der Waals surface area contributed by atoms with Gasteiger partial charge in [-0.15, -0.1) is 0 Å². The fourth-order valence-corrected chi connectivity index (χ4v) is 2.81. The van der Waals surface area contributed by atoms with Gasteiger partial charge in [0, 0.05) is 13.2 Å². The van der Waals surface area contributed by atoms with Crippen molar-refractivity contribution in [1.29, 1.82) is 0 Å². The highest BCUT2D eigenvalue weighted by Gasteiger charge is 2.23. The van der Waals surface area contributed by atoms with Crippen LogP contribution in [-0.4, -0.2) is 32.9 Å². The Labute approximate surface area is 116 Å². The standard InChI is InChI=1S/C16H25NO2/c1-18-14-9-7-13(8-10-14)11-12-17-15-5-3-4-6-16(15)19-2/h7-10,15-17H,3-6,11-12H2,1-2H3/t15-,16-/m0/s1. The zero-order valence-electron chi connectivity index (χ0n) is 12.0. The van der Waals surface area contributed by atoms with E-state index < -0.39 is 0 Å². The molecule has 0 bridgehead atoms. The first kappa shape index (κ1) is 14.4. The predicted molar refractivity (Wildman–Crippen MR) is 77.8 cm³/mol. The lowest BCUT2D eigenvalue weighted by molar-refractivity contribution is 0.0421. The molecule has 2 atom stereocenters. The fourth-order valence-electron chi connectivity index (χ4n) is 2.81. The summed E-state index contributed by atoms with van der Waals surface area (Å²) in [4.78, 5) is 0. The molecule has 0 amide bonds. The van der Waals surface area contributed by atoms with E-state index in [4.69, 9.17) is 9.47 Å². The molecule has 1 aliphatic rings. The Balaban J connectivity index is 1.75. The molecule has 1 aromatic rings. The molecule has 0 aromatic heterocycles. The molecule has 1 saturated carbocycles. The van der Waals surface area contributed by atoms with E-state index in [2.05, 4.69) is 17.4 Å². The summed E-state index contributed by atoms with van der Waals surface area (Å²) < 4.78 is 10.7. The van der Waals surface area contributed by atoms with Gasteiger partial charge in [0.25, 0.3) is 0 Å². The van der Waals surface area contributed by atoms with Gasteiger partial charge in [-0.3, -0.25) is 0 Å². The third kappa shape index (κ3) is 4.22. The lowest BCUT2D eigenvalue weighted by Gasteiger charge is -2.31. The summed E-state index contributed by atoms with van der Waals surface area (Å²) in [5.41, 5.74) is 1.35. The van der Waals surface area contributed by atoms with E-state index in [1.807, 2.05) is 19.2 Å². The zero-order valence-corrected chi connectivity index (χ0v) is 12.0. The van der Waals surface area contributed by atoms with Crippen LogP contribution >= 0.6 is 0 Å². The van der Waals surface area contributed by atoms with Crippen molar-refractivity contribution in [2.45, 2.75) is 44.2 Å². The first-order chi connectivity index (χ1) is 9.33. The topological polar surface area (TPSA) is 30.5 Å². The lowest BCUT2D eigenvalue weighted by Crippen LogP contribution is -2.43. The van der Waals surface area contributed by atoms with Gasteiger partial charge in [-0.05, 0) is 43.5 Å². The van der Waals surface area contributed by atoms with E-state index in [-0.39, 0.29) is 0 Å². The number of nitrogens with one attached hydrogen (secondary N) is 1. The molecule has 0 spiro atoms. The van der Waals surface area contributed by atoms with Crippen LogP contribution in [0.4, 0.5) is 0 Å². The number of methoxy groups -OCH3 is 2. The van der Waals surface area contributed by atoms with Crippen LogP contribution in [0.3, 0.4) is 0 Å². The number of ether oxygens (including phenoxy) is 2. The third-order valence-electron chi connectivity index (χ3n) is 3.98. The molecule has 0 saturated heterocycles. The van der Waals surface area contributed by atoms with Crippen LogP contribution in [0.25, 0.3) is 0 Å². The summed E-state index contributed by atoms with van der Waals surface area (Å²) in [5.74, 6) is 0.920. The second-order valence-corrected chi connectivity index (χ2v) is 5.22. The molecular weight excluding hydrogens is 238 g/mol. The van der Waals surface area contributed by atoms with E-state index in [1.165, 1.54) is 31.2 Å². The average Bonchev–Trinajstić information content (AvgIpc) is 2.48. The van der Waals surface area contributed by atoms with Crippen LogP contribution in [0.15, 0.2) is 24.3 Å². The van der Waals surface area contributed by atoms with Crippen molar-refractivity contribution in [3.63, 3.8) is 0 Å². The summed E-state index contributed by atoms with van der Waals surface area (Å²) in [6, 6.07) is 8.84. The van der Waals surface area contributed by atoms with Crippen LogP contribution in [0.5, 0.6) is 5.75 Å². The van der Waals surface area contributed by atoms with Crippen LogP contribution in [0.1, 0.15) is 31.2 Å². The Morgan fingerprint density at radius 2 is 1.84 bits per heavy atom. The molecule has 106 valence electrons. The highest BCUT2D eigenvalue weighted by molar-refractivity contribution is 5.27. The van der Waals surface area contributed by atoms with Crippen LogP contribution < -0.4 is 10.1 Å². The molecule has 1 fully saturated rings. The van der Waals surface area contributed by atoms with Crippen LogP contribution in [-0.2, 0) is 11.2 Å². The van der Waals surface area contributed by atoms with Crippen molar-refractivity contribution >= 4 is 0 Å². The third-order valence-corrected chi connectivity index (χ3v) is 3.98. The van der Waals surface area contributed by atoms with E-state index in [0.717, 1.165) is 18.7 Å². The number of benzene rings is 1. The molecule has 0 aliphatic heterocycles. The smallest absolute Gasteiger partial charge is 0.118 e. The maximum Gasteiger partial charge on any atom is 0.118 e. The molecule has 0 unspecified atom stereocenters. The molecule has 0 radical (unpaired) electrons. The Morgan fingerprint density at radius 1 is 1.11 bits per heavy atom. The van der Waals surface area contributed by atoms with E-state index >= 15 is 0 Å². The highest BCUT2D eigenvalue weighted by Crippen LogP contribution is 2.20. The average molecular weight is 263 g/mol. The first-order valence-corrected chi connectivity index (χ1v) is 7.22. The minimum Gasteiger partial charge on any atom is -0.497 e. The zero-order chi connectivity index (χ0) is 13.5. The number of rotatable bonds is 6. The van der Waals surface area contributed by atoms with E-state index in [1.54, 1.807) is 7.11 Å². The van der Waals surface area contributed by atoms with Crippen molar-refractivity contribution in [3.05, 3.63) is 29.8 Å². The fraction of sp³-hybridized carbons (Fsp3) is 0.625. The van der Waals surface area contributed by atoms with E-state index in [0.29, 0.717) is 12.1 Å². The molecular formula is C16H25NO2. The van der Waals surface area contributed by atoms with Gasteiger partial charge < -0.3 is 14.8 Å². The van der Waals surface area contributed by atoms with Gasteiger partial charge in [0.15, 0.2) is 0 Å². The predicted octanol–water partition coefficient (Wildman–Crippen LogP) is 2.78. The SMILES string of the molecule is COc1ccc(CCN[C@H]2CCCC[C@@H]2OC)cc1. The van der Waals surface area contributed by atoms with Crippen molar-refractivity contribution < 1.29 is 9.47 Å². The molecule has 1 aromatic carbocycles.